The van der Waals surface area contributed by atoms with Crippen LogP contribution in [0.25, 0.3) is 11.4 Å². The molecular weight excluding hydrogens is 286 g/mol. The summed E-state index contributed by atoms with van der Waals surface area (Å²) in [5.41, 5.74) is 0.988. The van der Waals surface area contributed by atoms with Gasteiger partial charge in [-0.25, -0.2) is 9.78 Å². The number of hydrogen-bond acceptors (Lipinski definition) is 7. The van der Waals surface area contributed by atoms with Crippen LogP contribution in [0.4, 0.5) is 0 Å². The predicted molar refractivity (Wildman–Crippen MR) is 74.2 cm³/mol. The first kappa shape index (κ1) is 13.7. The summed E-state index contributed by atoms with van der Waals surface area (Å²) in [6, 6.07) is 10.3. The highest BCUT2D eigenvalue weighted by Crippen LogP contribution is 2.29. The number of methoxy groups -OCH3 is 1. The van der Waals surface area contributed by atoms with Crippen molar-refractivity contribution in [3.8, 4) is 23.0 Å². The number of para-hydroxylation sites is 1. The maximum Gasteiger partial charge on any atom is 0.339 e. The van der Waals surface area contributed by atoms with Crippen molar-refractivity contribution in [3.05, 3.63) is 48.2 Å². The van der Waals surface area contributed by atoms with Gasteiger partial charge in [0.15, 0.2) is 0 Å². The maximum absolute atomic E-state index is 11.4. The van der Waals surface area contributed by atoms with E-state index in [4.69, 9.17) is 4.74 Å². The minimum absolute atomic E-state index is 0.326. The molecule has 0 unspecified atom stereocenters. The Kier molecular flexibility index (Phi) is 3.73. The number of esters is 1. The van der Waals surface area contributed by atoms with Crippen molar-refractivity contribution >= 4 is 5.97 Å². The molecule has 0 saturated carbocycles. The molecule has 3 rings (SSSR count). The molecule has 1 aromatic carbocycles. The lowest BCUT2D eigenvalue weighted by molar-refractivity contribution is 0.0600. The summed E-state index contributed by atoms with van der Waals surface area (Å²) in [4.78, 5) is 15.4. The molecular formula is C14H10N5O3-. The van der Waals surface area contributed by atoms with E-state index in [2.05, 4.69) is 30.3 Å². The number of hydrogen-bond donors (Lipinski definition) is 0. The summed E-state index contributed by atoms with van der Waals surface area (Å²) in [6.45, 7) is 0. The van der Waals surface area contributed by atoms with Crippen LogP contribution in [0.1, 0.15) is 10.4 Å². The fraction of sp³-hybridized carbons (Fsp3) is 0.0714. The number of rotatable bonds is 4. The van der Waals surface area contributed by atoms with Crippen LogP contribution in [0.15, 0.2) is 42.6 Å². The molecule has 0 radical (unpaired) electrons. The van der Waals surface area contributed by atoms with E-state index < -0.39 is 5.97 Å². The van der Waals surface area contributed by atoms with Gasteiger partial charge in [0.1, 0.15) is 5.75 Å². The zero-order valence-corrected chi connectivity index (χ0v) is 11.5. The van der Waals surface area contributed by atoms with E-state index in [9.17, 15) is 4.79 Å². The highest BCUT2D eigenvalue weighted by molar-refractivity contribution is 5.88. The third kappa shape index (κ3) is 2.75. The number of carbonyl (C=O) groups excluding carboxylic acids is 1. The molecule has 0 aliphatic rings. The van der Waals surface area contributed by atoms with Crippen molar-refractivity contribution < 1.29 is 14.3 Å². The lowest BCUT2D eigenvalue weighted by Gasteiger charge is -2.10. The monoisotopic (exact) mass is 296 g/mol. The van der Waals surface area contributed by atoms with Crippen molar-refractivity contribution in [1.82, 2.24) is 25.6 Å². The highest BCUT2D eigenvalue weighted by atomic mass is 16.5. The van der Waals surface area contributed by atoms with Gasteiger partial charge in [-0.1, -0.05) is 18.2 Å². The molecule has 0 atom stereocenters. The maximum atomic E-state index is 11.4. The third-order valence-corrected chi connectivity index (χ3v) is 2.82. The van der Waals surface area contributed by atoms with Gasteiger partial charge in [0, 0.05) is 23.7 Å². The molecule has 0 fully saturated rings. The molecule has 110 valence electrons. The summed E-state index contributed by atoms with van der Waals surface area (Å²) in [7, 11) is 1.31. The molecule has 0 saturated heterocycles. The van der Waals surface area contributed by atoms with Gasteiger partial charge >= 0.3 is 5.97 Å². The standard InChI is InChI=1S/C14H10N5O3/c1-21-14(20)9-6-7-12(15-8-9)22-11-5-3-2-4-10(11)13-16-18-19-17-13/h2-8H,1H3/q-1. The van der Waals surface area contributed by atoms with Crippen LogP contribution in [0.3, 0.4) is 0 Å². The quantitative estimate of drug-likeness (QED) is 0.667. The van der Waals surface area contributed by atoms with E-state index in [0.29, 0.717) is 28.6 Å². The van der Waals surface area contributed by atoms with Gasteiger partial charge in [-0.15, -0.1) is 0 Å². The molecule has 0 spiro atoms. The van der Waals surface area contributed by atoms with E-state index in [1.54, 1.807) is 24.3 Å². The van der Waals surface area contributed by atoms with Gasteiger partial charge < -0.3 is 14.6 Å². The number of carbonyl (C=O) groups is 1. The zero-order chi connectivity index (χ0) is 15.4. The van der Waals surface area contributed by atoms with Crippen molar-refractivity contribution in [3.63, 3.8) is 0 Å². The second-order valence-corrected chi connectivity index (χ2v) is 4.18. The van der Waals surface area contributed by atoms with Crippen molar-refractivity contribution in [2.75, 3.05) is 7.11 Å². The second kappa shape index (κ2) is 6.00. The lowest BCUT2D eigenvalue weighted by Crippen LogP contribution is -2.01. The van der Waals surface area contributed by atoms with Crippen LogP contribution in [-0.4, -0.2) is 33.6 Å². The summed E-state index contributed by atoms with van der Waals surface area (Å²) in [5.74, 6) is 0.742. The third-order valence-electron chi connectivity index (χ3n) is 2.82. The van der Waals surface area contributed by atoms with Gasteiger partial charge in [-0.05, 0) is 12.1 Å². The first-order valence-electron chi connectivity index (χ1n) is 6.28. The van der Waals surface area contributed by atoms with E-state index in [1.165, 1.54) is 13.3 Å². The summed E-state index contributed by atoms with van der Waals surface area (Å²) in [5, 5.41) is 14.5. The van der Waals surface area contributed by atoms with Crippen molar-refractivity contribution in [2.24, 2.45) is 0 Å². The molecule has 0 amide bonds. The summed E-state index contributed by atoms with van der Waals surface area (Å²) >= 11 is 0. The summed E-state index contributed by atoms with van der Waals surface area (Å²) < 4.78 is 10.3. The Morgan fingerprint density at radius 3 is 2.73 bits per heavy atom. The number of aromatic nitrogens is 5. The second-order valence-electron chi connectivity index (χ2n) is 4.18. The van der Waals surface area contributed by atoms with Gasteiger partial charge in [0.2, 0.25) is 5.88 Å². The van der Waals surface area contributed by atoms with Crippen LogP contribution in [0.5, 0.6) is 11.6 Å². The first-order valence-corrected chi connectivity index (χ1v) is 6.28. The molecule has 0 bridgehead atoms. The topological polar surface area (TPSA) is 101 Å². The largest absolute Gasteiger partial charge is 0.465 e. The summed E-state index contributed by atoms with van der Waals surface area (Å²) in [6.07, 6.45) is 1.38. The van der Waals surface area contributed by atoms with Crippen molar-refractivity contribution in [2.45, 2.75) is 0 Å². The SMILES string of the molecule is COC(=O)c1ccc(Oc2ccccc2-c2nnn[n-]2)nc1. The molecule has 8 heteroatoms. The molecule has 2 aromatic heterocycles. The Morgan fingerprint density at radius 2 is 2.05 bits per heavy atom. The fourth-order valence-electron chi connectivity index (χ4n) is 1.78. The van der Waals surface area contributed by atoms with Crippen LogP contribution in [0, 0.1) is 0 Å². The van der Waals surface area contributed by atoms with E-state index >= 15 is 0 Å². The molecule has 22 heavy (non-hydrogen) atoms. The first-order chi connectivity index (χ1) is 10.8. The molecule has 0 aliphatic carbocycles. The predicted octanol–water partition coefficient (Wildman–Crippen LogP) is 1.47. The number of ether oxygens (including phenoxy) is 2. The zero-order valence-electron chi connectivity index (χ0n) is 11.5. The Bertz CT molecular complexity index is 771. The molecule has 3 aromatic rings. The molecule has 0 aliphatic heterocycles. The van der Waals surface area contributed by atoms with E-state index in [-0.39, 0.29) is 0 Å². The average Bonchev–Trinajstić information content (AvgIpc) is 3.10. The fourth-order valence-corrected chi connectivity index (χ4v) is 1.78. The Morgan fingerprint density at radius 1 is 1.18 bits per heavy atom. The number of pyridine rings is 1. The van der Waals surface area contributed by atoms with Gasteiger partial charge in [0.05, 0.1) is 12.7 Å². The number of nitrogens with zero attached hydrogens (tertiary/aromatic N) is 5. The van der Waals surface area contributed by atoms with Crippen LogP contribution in [0.2, 0.25) is 0 Å². The normalized spacial score (nSPS) is 10.2. The average molecular weight is 296 g/mol. The number of tetrazole rings is 1. The lowest BCUT2D eigenvalue weighted by atomic mass is 10.2. The Balaban J connectivity index is 1.86. The Labute approximate surface area is 125 Å². The van der Waals surface area contributed by atoms with E-state index in [0.717, 1.165) is 0 Å². The molecule has 8 nitrogen and oxygen atoms in total. The smallest absolute Gasteiger partial charge is 0.339 e. The highest BCUT2D eigenvalue weighted by Gasteiger charge is 2.09. The Hall–Kier alpha value is -3.29. The van der Waals surface area contributed by atoms with Gasteiger partial charge in [-0.2, -0.15) is 5.21 Å². The van der Waals surface area contributed by atoms with Crippen LogP contribution in [-0.2, 0) is 4.74 Å². The minimum atomic E-state index is -0.457. The molecule has 0 N–H and O–H groups in total. The van der Waals surface area contributed by atoms with Crippen LogP contribution < -0.4 is 9.84 Å². The van der Waals surface area contributed by atoms with Crippen molar-refractivity contribution in [1.29, 1.82) is 0 Å². The number of benzene rings is 1. The van der Waals surface area contributed by atoms with Gasteiger partial charge in [-0.3, -0.25) is 10.3 Å². The minimum Gasteiger partial charge on any atom is -0.465 e. The van der Waals surface area contributed by atoms with E-state index in [1.807, 2.05) is 12.1 Å². The van der Waals surface area contributed by atoms with Crippen LogP contribution >= 0.6 is 0 Å². The van der Waals surface area contributed by atoms with Gasteiger partial charge in [0.25, 0.3) is 0 Å². The molecule has 2 heterocycles.